The third-order valence-corrected chi connectivity index (χ3v) is 6.34. The summed E-state index contributed by atoms with van der Waals surface area (Å²) in [6.07, 6.45) is 3.23. The second-order valence-corrected chi connectivity index (χ2v) is 8.43. The molecule has 2 heterocycles. The largest absolute Gasteiger partial charge is 0.477 e. The Balaban J connectivity index is 1.64. The Hall–Kier alpha value is -1.87. The van der Waals surface area contributed by atoms with Crippen LogP contribution in [0.25, 0.3) is 0 Å². The van der Waals surface area contributed by atoms with E-state index in [9.17, 15) is 19.5 Å². The topological polar surface area (TPSA) is 98.7 Å². The van der Waals surface area contributed by atoms with E-state index in [2.05, 4.69) is 10.6 Å². The highest BCUT2D eigenvalue weighted by Crippen LogP contribution is 2.40. The smallest absolute Gasteiger partial charge is 0.352 e. The molecular formula is C18H16Cl3N3O4S. The van der Waals surface area contributed by atoms with E-state index in [1.54, 1.807) is 30.4 Å². The molecule has 0 unspecified atom stereocenters. The van der Waals surface area contributed by atoms with Gasteiger partial charge in [-0.05, 0) is 23.8 Å². The summed E-state index contributed by atoms with van der Waals surface area (Å²) in [7, 11) is 0. The fourth-order valence-corrected chi connectivity index (χ4v) is 4.75. The number of aliphatic carboxylic acids is 1. The van der Waals surface area contributed by atoms with Crippen molar-refractivity contribution in [3.63, 3.8) is 0 Å². The molecule has 2 amide bonds. The number of alkyl halides is 1. The van der Waals surface area contributed by atoms with Crippen LogP contribution in [-0.2, 0) is 14.4 Å². The van der Waals surface area contributed by atoms with E-state index in [4.69, 9.17) is 34.8 Å². The van der Waals surface area contributed by atoms with Gasteiger partial charge in [-0.25, -0.2) is 4.79 Å². The maximum Gasteiger partial charge on any atom is 0.352 e. The number of rotatable bonds is 7. The van der Waals surface area contributed by atoms with Crippen molar-refractivity contribution in [1.82, 2.24) is 10.2 Å². The van der Waals surface area contributed by atoms with Crippen LogP contribution in [0.1, 0.15) is 0 Å². The van der Waals surface area contributed by atoms with Crippen LogP contribution in [0.3, 0.4) is 0 Å². The first-order valence-corrected chi connectivity index (χ1v) is 10.8. The summed E-state index contributed by atoms with van der Waals surface area (Å²) in [5.74, 6) is -1.45. The molecule has 1 aromatic rings. The van der Waals surface area contributed by atoms with Crippen molar-refractivity contribution >= 4 is 70.0 Å². The van der Waals surface area contributed by atoms with Gasteiger partial charge in [-0.3, -0.25) is 14.5 Å². The summed E-state index contributed by atoms with van der Waals surface area (Å²) < 4.78 is 0. The first kappa shape index (κ1) is 21.8. The number of carbonyl (C=O) groups excluding carboxylic acids is 2. The molecule has 29 heavy (non-hydrogen) atoms. The van der Waals surface area contributed by atoms with Gasteiger partial charge in [0.15, 0.2) is 0 Å². The van der Waals surface area contributed by atoms with E-state index in [1.807, 2.05) is 0 Å². The van der Waals surface area contributed by atoms with Crippen LogP contribution in [0.4, 0.5) is 5.69 Å². The lowest BCUT2D eigenvalue weighted by atomic mass is 10.0. The monoisotopic (exact) mass is 475 g/mol. The SMILES string of the molecule is O=C(CNc1cc(Cl)ccc1Cl)N[C@@H]1C(=O)N2C(C(=O)O)=C(/C=C/CCl)CS[C@H]12. The van der Waals surface area contributed by atoms with Crippen LogP contribution >= 0.6 is 46.6 Å². The Morgan fingerprint density at radius 3 is 2.79 bits per heavy atom. The van der Waals surface area contributed by atoms with E-state index in [0.717, 1.165) is 0 Å². The average molecular weight is 477 g/mol. The molecule has 0 aromatic heterocycles. The molecule has 2 aliphatic rings. The van der Waals surface area contributed by atoms with Crippen molar-refractivity contribution in [3.8, 4) is 0 Å². The van der Waals surface area contributed by atoms with Crippen molar-refractivity contribution in [3.05, 3.63) is 51.7 Å². The number of carboxylic acid groups (broad SMARTS) is 1. The van der Waals surface area contributed by atoms with Gasteiger partial charge in [-0.1, -0.05) is 35.4 Å². The molecule has 3 N–H and O–H groups in total. The highest BCUT2D eigenvalue weighted by Gasteiger charge is 2.53. The summed E-state index contributed by atoms with van der Waals surface area (Å²) >= 11 is 18.9. The van der Waals surface area contributed by atoms with Crippen LogP contribution in [-0.4, -0.2) is 57.4 Å². The van der Waals surface area contributed by atoms with Crippen LogP contribution < -0.4 is 10.6 Å². The lowest BCUT2D eigenvalue weighted by Crippen LogP contribution is -2.70. The van der Waals surface area contributed by atoms with E-state index in [-0.39, 0.29) is 18.1 Å². The maximum atomic E-state index is 12.5. The highest BCUT2D eigenvalue weighted by molar-refractivity contribution is 8.00. The number of allylic oxidation sites excluding steroid dienone is 2. The number of hydrogen-bond donors (Lipinski definition) is 3. The Kier molecular flexibility index (Phi) is 7.00. The molecule has 0 bridgehead atoms. The fourth-order valence-electron chi connectivity index (χ4n) is 2.99. The Morgan fingerprint density at radius 1 is 1.34 bits per heavy atom. The highest BCUT2D eigenvalue weighted by atomic mass is 35.5. The molecule has 2 aliphatic heterocycles. The van der Waals surface area contributed by atoms with Gasteiger partial charge in [0.2, 0.25) is 5.91 Å². The molecular weight excluding hydrogens is 461 g/mol. The standard InChI is InChI=1S/C18H16Cl3N3O4S/c19-5-1-2-9-8-29-17-14(16(26)24(17)15(9)18(27)28)23-13(25)7-22-12-6-10(20)3-4-11(12)21/h1-4,6,14,17,22H,5,7-8H2,(H,23,25)(H,27,28)/b2-1+/t14-,17-/m1/s1. The van der Waals surface area contributed by atoms with Crippen molar-refractivity contribution in [2.45, 2.75) is 11.4 Å². The number of nitrogens with one attached hydrogen (secondary N) is 2. The molecule has 0 aliphatic carbocycles. The van der Waals surface area contributed by atoms with Crippen molar-refractivity contribution in [1.29, 1.82) is 0 Å². The second kappa shape index (κ2) is 9.30. The number of carboxylic acids is 1. The maximum absolute atomic E-state index is 12.5. The summed E-state index contributed by atoms with van der Waals surface area (Å²) in [6.45, 7) is -0.118. The zero-order valence-electron chi connectivity index (χ0n) is 14.8. The number of carbonyl (C=O) groups is 3. The summed E-state index contributed by atoms with van der Waals surface area (Å²) in [4.78, 5) is 37.7. The number of benzene rings is 1. The first-order chi connectivity index (χ1) is 13.8. The van der Waals surface area contributed by atoms with Gasteiger partial charge in [-0.15, -0.1) is 23.4 Å². The van der Waals surface area contributed by atoms with Crippen LogP contribution in [0, 0.1) is 0 Å². The second-order valence-electron chi connectivity index (χ2n) is 6.17. The van der Waals surface area contributed by atoms with E-state index in [0.29, 0.717) is 27.1 Å². The van der Waals surface area contributed by atoms with Crippen LogP contribution in [0.2, 0.25) is 10.0 Å². The van der Waals surface area contributed by atoms with Crippen molar-refractivity contribution < 1.29 is 19.5 Å². The molecule has 11 heteroatoms. The molecule has 2 atom stereocenters. The molecule has 7 nitrogen and oxygen atoms in total. The average Bonchev–Trinajstić information content (AvgIpc) is 2.70. The van der Waals surface area contributed by atoms with Gasteiger partial charge in [0, 0.05) is 16.7 Å². The molecule has 0 radical (unpaired) electrons. The number of nitrogens with zero attached hydrogens (tertiary/aromatic N) is 1. The third kappa shape index (κ3) is 4.66. The molecule has 1 fully saturated rings. The van der Waals surface area contributed by atoms with Crippen LogP contribution in [0.15, 0.2) is 41.6 Å². The van der Waals surface area contributed by atoms with Gasteiger partial charge in [-0.2, -0.15) is 0 Å². The Bertz CT molecular complexity index is 922. The zero-order valence-corrected chi connectivity index (χ0v) is 17.9. The summed E-state index contributed by atoms with van der Waals surface area (Å²) in [5.41, 5.74) is 0.930. The number of halogens is 3. The van der Waals surface area contributed by atoms with Crippen molar-refractivity contribution in [2.24, 2.45) is 0 Å². The molecule has 0 saturated carbocycles. The van der Waals surface area contributed by atoms with Crippen LogP contribution in [0.5, 0.6) is 0 Å². The van der Waals surface area contributed by atoms with Gasteiger partial charge >= 0.3 is 5.97 Å². The molecule has 0 spiro atoms. The number of anilines is 1. The van der Waals surface area contributed by atoms with Gasteiger partial charge < -0.3 is 15.7 Å². The van der Waals surface area contributed by atoms with E-state index in [1.165, 1.54) is 16.7 Å². The quantitative estimate of drug-likeness (QED) is 0.413. The van der Waals surface area contributed by atoms with Crippen molar-refractivity contribution in [2.75, 3.05) is 23.5 Å². The van der Waals surface area contributed by atoms with Gasteiger partial charge in [0.05, 0.1) is 17.3 Å². The summed E-state index contributed by atoms with van der Waals surface area (Å²) in [5, 5.41) is 15.4. The molecule has 1 aromatic carbocycles. The van der Waals surface area contributed by atoms with E-state index < -0.39 is 29.2 Å². The van der Waals surface area contributed by atoms with Gasteiger partial charge in [0.25, 0.3) is 5.91 Å². The van der Waals surface area contributed by atoms with Gasteiger partial charge in [0.1, 0.15) is 17.1 Å². The predicted octanol–water partition coefficient (Wildman–Crippen LogP) is 2.94. The fraction of sp³-hybridized carbons (Fsp3) is 0.278. The molecule has 1 saturated heterocycles. The minimum absolute atomic E-state index is 0.0746. The number of hydrogen-bond acceptors (Lipinski definition) is 5. The summed E-state index contributed by atoms with van der Waals surface area (Å²) in [6, 6.07) is 4.02. The Morgan fingerprint density at radius 2 is 2.10 bits per heavy atom. The molecule has 154 valence electrons. The third-order valence-electron chi connectivity index (χ3n) is 4.29. The lowest BCUT2D eigenvalue weighted by Gasteiger charge is -2.49. The predicted molar refractivity (Wildman–Crippen MR) is 114 cm³/mol. The molecule has 3 rings (SSSR count). The Labute approximate surface area is 186 Å². The first-order valence-electron chi connectivity index (χ1n) is 8.45. The lowest BCUT2D eigenvalue weighted by molar-refractivity contribution is -0.150. The zero-order chi connectivity index (χ0) is 21.1. The normalized spacial score (nSPS) is 21.1. The number of amides is 2. The minimum atomic E-state index is -1.19. The number of β-lactam (4-membered cyclic amide) rings is 1. The number of fused-ring (bicyclic) bond motifs is 1. The number of thioether (sulfide) groups is 1. The van der Waals surface area contributed by atoms with E-state index >= 15 is 0 Å². The minimum Gasteiger partial charge on any atom is -0.477 e.